The van der Waals surface area contributed by atoms with Crippen molar-refractivity contribution in [3.8, 4) is 0 Å². The molecule has 0 saturated heterocycles. The lowest BCUT2D eigenvalue weighted by molar-refractivity contribution is 0.164. The van der Waals surface area contributed by atoms with Gasteiger partial charge in [-0.05, 0) is 50.3 Å². The van der Waals surface area contributed by atoms with Crippen LogP contribution in [0.25, 0.3) is 0 Å². The molecule has 0 fully saturated rings. The average molecular weight is 260 g/mol. The van der Waals surface area contributed by atoms with Crippen LogP contribution in [0, 0.1) is 13.8 Å². The predicted molar refractivity (Wildman–Crippen MR) is 78.1 cm³/mol. The third-order valence-corrected chi connectivity index (χ3v) is 4.21. The summed E-state index contributed by atoms with van der Waals surface area (Å²) in [6.07, 6.45) is 2.60. The van der Waals surface area contributed by atoms with Gasteiger partial charge in [0.2, 0.25) is 0 Å². The highest BCUT2D eigenvalue weighted by atomic mass is 32.1. The second-order valence-electron chi connectivity index (χ2n) is 4.76. The Bertz CT molecular complexity index is 487. The number of rotatable bonds is 5. The summed E-state index contributed by atoms with van der Waals surface area (Å²) in [4.78, 5) is 2.53. The van der Waals surface area contributed by atoms with E-state index in [1.807, 2.05) is 6.07 Å². The summed E-state index contributed by atoms with van der Waals surface area (Å²) in [5.74, 6) is 0. The molecule has 0 bridgehead atoms. The lowest BCUT2D eigenvalue weighted by atomic mass is 10.0. The van der Waals surface area contributed by atoms with E-state index >= 15 is 0 Å². The Balaban J connectivity index is 1.85. The van der Waals surface area contributed by atoms with E-state index in [0.717, 1.165) is 24.8 Å². The molecule has 96 valence electrons. The summed E-state index contributed by atoms with van der Waals surface area (Å²) in [5.41, 5.74) is 2.47. The molecule has 0 radical (unpaired) electrons. The zero-order chi connectivity index (χ0) is 13.0. The van der Waals surface area contributed by atoms with Gasteiger partial charge in [-0.25, -0.2) is 0 Å². The summed E-state index contributed by atoms with van der Waals surface area (Å²) >= 11 is 1.77. The van der Waals surface area contributed by atoms with Gasteiger partial charge in [0.05, 0.1) is 6.10 Å². The Morgan fingerprint density at radius 1 is 1.17 bits per heavy atom. The minimum Gasteiger partial charge on any atom is -0.388 e. The third kappa shape index (κ3) is 3.44. The van der Waals surface area contributed by atoms with E-state index in [1.165, 1.54) is 15.3 Å². The van der Waals surface area contributed by atoms with Crippen molar-refractivity contribution in [2.75, 3.05) is 0 Å². The van der Waals surface area contributed by atoms with Crippen LogP contribution in [0.4, 0.5) is 0 Å². The molecule has 1 aromatic heterocycles. The van der Waals surface area contributed by atoms with E-state index in [-0.39, 0.29) is 6.10 Å². The van der Waals surface area contributed by atoms with E-state index in [0.29, 0.717) is 0 Å². The normalized spacial score (nSPS) is 12.6. The van der Waals surface area contributed by atoms with Crippen molar-refractivity contribution in [1.29, 1.82) is 0 Å². The average Bonchev–Trinajstić information content (AvgIpc) is 2.70. The smallest absolute Gasteiger partial charge is 0.0800 e. The van der Waals surface area contributed by atoms with Gasteiger partial charge in [-0.15, -0.1) is 11.3 Å². The second kappa shape index (κ2) is 6.17. The van der Waals surface area contributed by atoms with E-state index < -0.39 is 0 Å². The first kappa shape index (κ1) is 13.3. The molecule has 0 aliphatic heterocycles. The van der Waals surface area contributed by atoms with Crippen LogP contribution in [0.5, 0.6) is 0 Å². The number of hydrogen-bond donors (Lipinski definition) is 1. The standard InChI is InChI=1S/C16H20OS/c1-12-11-15(13(2)18-12)16(17)10-6-9-14-7-4-3-5-8-14/h3-5,7-8,11,16-17H,6,9-10H2,1-2H3. The monoisotopic (exact) mass is 260 g/mol. The van der Waals surface area contributed by atoms with E-state index in [9.17, 15) is 5.11 Å². The molecule has 1 nitrogen and oxygen atoms in total. The summed E-state index contributed by atoms with van der Waals surface area (Å²) in [7, 11) is 0. The van der Waals surface area contributed by atoms with Crippen molar-refractivity contribution in [3.05, 3.63) is 57.3 Å². The van der Waals surface area contributed by atoms with Crippen LogP contribution in [-0.2, 0) is 6.42 Å². The van der Waals surface area contributed by atoms with Crippen molar-refractivity contribution in [2.24, 2.45) is 0 Å². The van der Waals surface area contributed by atoms with Crippen molar-refractivity contribution in [2.45, 2.75) is 39.2 Å². The molecule has 1 unspecified atom stereocenters. The first-order valence-electron chi connectivity index (χ1n) is 6.45. The highest BCUT2D eigenvalue weighted by Gasteiger charge is 2.12. The number of hydrogen-bond acceptors (Lipinski definition) is 2. The Morgan fingerprint density at radius 2 is 1.89 bits per heavy atom. The summed E-state index contributed by atoms with van der Waals surface area (Å²) < 4.78 is 0. The van der Waals surface area contributed by atoms with Crippen LogP contribution in [0.15, 0.2) is 36.4 Å². The fourth-order valence-electron chi connectivity index (χ4n) is 2.28. The maximum absolute atomic E-state index is 10.2. The highest BCUT2D eigenvalue weighted by molar-refractivity contribution is 7.12. The van der Waals surface area contributed by atoms with Crippen LogP contribution in [0.2, 0.25) is 0 Å². The zero-order valence-electron chi connectivity index (χ0n) is 11.0. The van der Waals surface area contributed by atoms with Gasteiger partial charge >= 0.3 is 0 Å². The van der Waals surface area contributed by atoms with Crippen molar-refractivity contribution in [3.63, 3.8) is 0 Å². The van der Waals surface area contributed by atoms with Crippen LogP contribution >= 0.6 is 11.3 Å². The lowest BCUT2D eigenvalue weighted by Crippen LogP contribution is -1.98. The lowest BCUT2D eigenvalue weighted by Gasteiger charge is -2.10. The minimum absolute atomic E-state index is 0.307. The number of benzene rings is 1. The minimum atomic E-state index is -0.307. The van der Waals surface area contributed by atoms with Gasteiger partial charge in [-0.2, -0.15) is 0 Å². The summed E-state index contributed by atoms with van der Waals surface area (Å²) in [5, 5.41) is 10.2. The van der Waals surface area contributed by atoms with Crippen LogP contribution < -0.4 is 0 Å². The Labute approximate surface area is 113 Å². The molecule has 1 atom stereocenters. The second-order valence-corrected chi connectivity index (χ2v) is 6.22. The van der Waals surface area contributed by atoms with Gasteiger partial charge in [0.25, 0.3) is 0 Å². The fraction of sp³-hybridized carbons (Fsp3) is 0.375. The van der Waals surface area contributed by atoms with E-state index in [4.69, 9.17) is 0 Å². The molecular formula is C16H20OS. The van der Waals surface area contributed by atoms with Crippen LogP contribution in [0.1, 0.15) is 39.8 Å². The molecule has 0 spiro atoms. The first-order chi connectivity index (χ1) is 8.66. The SMILES string of the molecule is Cc1cc(C(O)CCCc2ccccc2)c(C)s1. The largest absolute Gasteiger partial charge is 0.388 e. The van der Waals surface area contributed by atoms with Gasteiger partial charge in [-0.1, -0.05) is 30.3 Å². The maximum atomic E-state index is 10.2. The molecule has 1 N–H and O–H groups in total. The molecule has 0 aliphatic carbocycles. The number of thiophene rings is 1. The molecule has 2 heteroatoms. The summed E-state index contributed by atoms with van der Waals surface area (Å²) in [6, 6.07) is 12.6. The van der Waals surface area contributed by atoms with Crippen molar-refractivity contribution in [1.82, 2.24) is 0 Å². The summed E-state index contributed by atoms with van der Waals surface area (Å²) in [6.45, 7) is 4.19. The number of aliphatic hydroxyl groups is 1. The number of aliphatic hydroxyl groups excluding tert-OH is 1. The van der Waals surface area contributed by atoms with Gasteiger partial charge < -0.3 is 5.11 Å². The quantitative estimate of drug-likeness (QED) is 0.843. The topological polar surface area (TPSA) is 20.2 Å². The predicted octanol–water partition coefficient (Wildman–Crippen LogP) is 4.42. The van der Waals surface area contributed by atoms with E-state index in [2.05, 4.69) is 44.2 Å². The molecule has 0 amide bonds. The molecular weight excluding hydrogens is 240 g/mol. The van der Waals surface area contributed by atoms with Crippen LogP contribution in [-0.4, -0.2) is 5.11 Å². The number of aryl methyl sites for hydroxylation is 3. The van der Waals surface area contributed by atoms with Gasteiger partial charge in [0.15, 0.2) is 0 Å². The molecule has 2 aromatic rings. The van der Waals surface area contributed by atoms with Crippen LogP contribution in [0.3, 0.4) is 0 Å². The van der Waals surface area contributed by atoms with Gasteiger partial charge in [-0.3, -0.25) is 0 Å². The van der Waals surface area contributed by atoms with Crippen molar-refractivity contribution >= 4 is 11.3 Å². The molecule has 0 aliphatic rings. The zero-order valence-corrected chi connectivity index (χ0v) is 11.8. The Hall–Kier alpha value is -1.12. The molecule has 18 heavy (non-hydrogen) atoms. The molecule has 1 heterocycles. The Morgan fingerprint density at radius 3 is 2.50 bits per heavy atom. The highest BCUT2D eigenvalue weighted by Crippen LogP contribution is 2.29. The third-order valence-electron chi connectivity index (χ3n) is 3.22. The molecule has 1 aromatic carbocycles. The van der Waals surface area contributed by atoms with Gasteiger partial charge in [0.1, 0.15) is 0 Å². The maximum Gasteiger partial charge on any atom is 0.0800 e. The molecule has 2 rings (SSSR count). The fourth-order valence-corrected chi connectivity index (χ4v) is 3.26. The Kier molecular flexibility index (Phi) is 4.56. The van der Waals surface area contributed by atoms with Gasteiger partial charge in [0, 0.05) is 9.75 Å². The first-order valence-corrected chi connectivity index (χ1v) is 7.27. The van der Waals surface area contributed by atoms with E-state index in [1.54, 1.807) is 11.3 Å². The molecule has 0 saturated carbocycles. The van der Waals surface area contributed by atoms with Crippen molar-refractivity contribution < 1.29 is 5.11 Å².